The van der Waals surface area contributed by atoms with Crippen molar-refractivity contribution >= 4 is 5.91 Å². The minimum absolute atomic E-state index is 0.265. The molecule has 0 fully saturated rings. The van der Waals surface area contributed by atoms with Crippen molar-refractivity contribution in [1.29, 1.82) is 0 Å². The molecule has 2 aromatic heterocycles. The molecule has 6 nitrogen and oxygen atoms in total. The number of carbonyl (C=O) groups is 1. The molecule has 2 heterocycles. The summed E-state index contributed by atoms with van der Waals surface area (Å²) in [6.07, 6.45) is 3.54. The monoisotopic (exact) mass is 405 g/mol. The third-order valence-electron chi connectivity index (χ3n) is 6.34. The number of aromatic amines is 1. The minimum Gasteiger partial charge on any atom is -0.369 e. The fourth-order valence-electron chi connectivity index (χ4n) is 4.66. The number of carbonyl (C=O) groups excluding carboxylic acids is 1. The zero-order valence-corrected chi connectivity index (χ0v) is 18.6. The molecule has 3 aromatic rings. The van der Waals surface area contributed by atoms with Crippen molar-refractivity contribution in [3.05, 3.63) is 46.1 Å². The number of nitrogens with two attached hydrogens (primary N) is 1. The maximum Gasteiger partial charge on any atom is 0.221 e. The van der Waals surface area contributed by atoms with Crippen LogP contribution in [0.4, 0.5) is 0 Å². The molecule has 0 atom stereocenters. The van der Waals surface area contributed by atoms with Crippen molar-refractivity contribution in [2.45, 2.75) is 66.8 Å². The largest absolute Gasteiger partial charge is 0.369 e. The van der Waals surface area contributed by atoms with Gasteiger partial charge in [-0.15, -0.1) is 0 Å². The van der Waals surface area contributed by atoms with Crippen molar-refractivity contribution < 1.29 is 4.79 Å². The van der Waals surface area contributed by atoms with Crippen LogP contribution in [0.2, 0.25) is 0 Å². The van der Waals surface area contributed by atoms with Gasteiger partial charge in [0.2, 0.25) is 5.91 Å². The second-order valence-corrected chi connectivity index (χ2v) is 9.33. The van der Waals surface area contributed by atoms with Crippen molar-refractivity contribution in [2.75, 3.05) is 0 Å². The number of fused-ring (bicyclic) bond motifs is 1. The van der Waals surface area contributed by atoms with Gasteiger partial charge in [0.25, 0.3) is 0 Å². The summed E-state index contributed by atoms with van der Waals surface area (Å²) in [4.78, 5) is 11.4. The second-order valence-electron chi connectivity index (χ2n) is 9.33. The highest BCUT2D eigenvalue weighted by atomic mass is 16.1. The summed E-state index contributed by atoms with van der Waals surface area (Å²) in [5, 5.41) is 12.7. The van der Waals surface area contributed by atoms with Crippen molar-refractivity contribution in [1.82, 2.24) is 20.0 Å². The fraction of sp³-hybridized carbons (Fsp3) is 0.458. The molecule has 3 N–H and O–H groups in total. The van der Waals surface area contributed by atoms with Crippen LogP contribution in [-0.4, -0.2) is 25.9 Å². The third-order valence-corrected chi connectivity index (χ3v) is 6.34. The topological polar surface area (TPSA) is 89.6 Å². The highest BCUT2D eigenvalue weighted by Gasteiger charge is 2.31. The Balaban J connectivity index is 1.71. The highest BCUT2D eigenvalue weighted by Crippen LogP contribution is 2.39. The van der Waals surface area contributed by atoms with Crippen molar-refractivity contribution in [3.63, 3.8) is 0 Å². The van der Waals surface area contributed by atoms with Crippen LogP contribution in [0.15, 0.2) is 18.2 Å². The summed E-state index contributed by atoms with van der Waals surface area (Å²) in [5.41, 5.74) is 15.5. The Bertz CT molecular complexity index is 1100. The van der Waals surface area contributed by atoms with E-state index < -0.39 is 0 Å². The van der Waals surface area contributed by atoms with E-state index in [2.05, 4.69) is 53.8 Å². The van der Waals surface area contributed by atoms with Gasteiger partial charge in [-0.3, -0.25) is 14.6 Å². The number of aromatic nitrogens is 4. The molecule has 0 saturated heterocycles. The van der Waals surface area contributed by atoms with Crippen LogP contribution in [0.1, 0.15) is 55.1 Å². The first kappa shape index (κ1) is 20.4. The lowest BCUT2D eigenvalue weighted by atomic mass is 9.76. The molecule has 0 bridgehead atoms. The Morgan fingerprint density at radius 3 is 2.57 bits per heavy atom. The van der Waals surface area contributed by atoms with Crippen LogP contribution in [0.25, 0.3) is 22.6 Å². The van der Waals surface area contributed by atoms with E-state index >= 15 is 0 Å². The Hall–Kier alpha value is -2.89. The SMILES string of the molecule is CCn1nc(-c2cc(-c3cc(C)c(CC(N)=O)c(C)c3)n[nH]2)c2c1CC(C)(C)CC2. The lowest BCUT2D eigenvalue weighted by molar-refractivity contribution is -0.117. The van der Waals surface area contributed by atoms with Crippen molar-refractivity contribution in [3.8, 4) is 22.6 Å². The average molecular weight is 406 g/mol. The Kier molecular flexibility index (Phi) is 5.04. The molecule has 0 saturated carbocycles. The van der Waals surface area contributed by atoms with Crippen LogP contribution in [0.3, 0.4) is 0 Å². The Labute approximate surface area is 177 Å². The molecule has 4 rings (SSSR count). The van der Waals surface area contributed by atoms with E-state index in [1.807, 2.05) is 13.8 Å². The summed E-state index contributed by atoms with van der Waals surface area (Å²) in [7, 11) is 0. The molecular formula is C24H31N5O. The molecule has 0 aliphatic heterocycles. The van der Waals surface area contributed by atoms with Gasteiger partial charge in [-0.05, 0) is 80.3 Å². The first-order valence-corrected chi connectivity index (χ1v) is 10.7. The summed E-state index contributed by atoms with van der Waals surface area (Å²) >= 11 is 0. The van der Waals surface area contributed by atoms with Gasteiger partial charge in [-0.2, -0.15) is 10.2 Å². The van der Waals surface area contributed by atoms with Gasteiger partial charge in [-0.25, -0.2) is 0 Å². The number of nitrogens with one attached hydrogen (secondary N) is 1. The minimum atomic E-state index is -0.310. The van der Waals surface area contributed by atoms with Crippen LogP contribution in [0, 0.1) is 19.3 Å². The molecule has 6 heteroatoms. The van der Waals surface area contributed by atoms with Gasteiger partial charge in [0.05, 0.1) is 17.8 Å². The summed E-state index contributed by atoms with van der Waals surface area (Å²) in [5.74, 6) is -0.310. The maximum atomic E-state index is 11.4. The van der Waals surface area contributed by atoms with E-state index in [1.54, 1.807) is 0 Å². The van der Waals surface area contributed by atoms with Gasteiger partial charge in [0, 0.05) is 23.4 Å². The third kappa shape index (κ3) is 3.66. The zero-order chi connectivity index (χ0) is 21.6. The zero-order valence-electron chi connectivity index (χ0n) is 18.6. The Morgan fingerprint density at radius 2 is 1.93 bits per heavy atom. The molecule has 1 aliphatic rings. The lowest BCUT2D eigenvalue weighted by Crippen LogP contribution is -2.24. The predicted molar refractivity (Wildman–Crippen MR) is 119 cm³/mol. The number of amides is 1. The van der Waals surface area contributed by atoms with Gasteiger partial charge >= 0.3 is 0 Å². The maximum absolute atomic E-state index is 11.4. The van der Waals surface area contributed by atoms with E-state index in [0.29, 0.717) is 5.41 Å². The first-order valence-electron chi connectivity index (χ1n) is 10.7. The molecule has 1 aromatic carbocycles. The highest BCUT2D eigenvalue weighted by molar-refractivity contribution is 5.78. The number of H-pyrrole nitrogens is 1. The van der Waals surface area contributed by atoms with E-state index in [9.17, 15) is 4.79 Å². The molecule has 158 valence electrons. The number of hydrogen-bond donors (Lipinski definition) is 2. The molecule has 0 spiro atoms. The van der Waals surface area contributed by atoms with Gasteiger partial charge < -0.3 is 5.73 Å². The number of aryl methyl sites for hydroxylation is 3. The fourth-order valence-corrected chi connectivity index (χ4v) is 4.66. The standard InChI is InChI=1S/C24H31N5O/c1-6-29-21-13-24(4,5)8-7-17(21)23(28-29)20-12-19(26-27-20)16-9-14(2)18(11-22(25)30)15(3)10-16/h9-10,12H,6-8,11,13H2,1-5H3,(H2,25,30)(H,26,27). The summed E-state index contributed by atoms with van der Waals surface area (Å²) in [6.45, 7) is 11.7. The van der Waals surface area contributed by atoms with Crippen LogP contribution >= 0.6 is 0 Å². The number of primary amides is 1. The molecule has 1 aliphatic carbocycles. The van der Waals surface area contributed by atoms with Gasteiger partial charge in [-0.1, -0.05) is 13.8 Å². The van der Waals surface area contributed by atoms with Gasteiger partial charge in [0.15, 0.2) is 0 Å². The van der Waals surface area contributed by atoms with E-state index in [4.69, 9.17) is 10.8 Å². The normalized spacial score (nSPS) is 15.2. The van der Waals surface area contributed by atoms with Gasteiger partial charge in [0.1, 0.15) is 5.69 Å². The summed E-state index contributed by atoms with van der Waals surface area (Å²) in [6, 6.07) is 6.24. The number of benzene rings is 1. The number of nitrogens with zero attached hydrogens (tertiary/aromatic N) is 3. The lowest BCUT2D eigenvalue weighted by Gasteiger charge is -2.30. The second kappa shape index (κ2) is 7.42. The van der Waals surface area contributed by atoms with E-state index in [1.165, 1.54) is 17.7 Å². The average Bonchev–Trinajstić information content (AvgIpc) is 3.27. The van der Waals surface area contributed by atoms with Crippen LogP contribution < -0.4 is 5.73 Å². The number of hydrogen-bond acceptors (Lipinski definition) is 3. The molecular weight excluding hydrogens is 374 g/mol. The molecule has 0 unspecified atom stereocenters. The Morgan fingerprint density at radius 1 is 1.23 bits per heavy atom. The quantitative estimate of drug-likeness (QED) is 0.669. The van der Waals surface area contributed by atoms with E-state index in [-0.39, 0.29) is 12.3 Å². The predicted octanol–water partition coefficient (Wildman–Crippen LogP) is 4.12. The summed E-state index contributed by atoms with van der Waals surface area (Å²) < 4.78 is 2.15. The molecule has 30 heavy (non-hydrogen) atoms. The molecule has 0 radical (unpaired) electrons. The first-order chi connectivity index (χ1) is 14.2. The van der Waals surface area contributed by atoms with Crippen LogP contribution in [-0.2, 0) is 30.6 Å². The number of rotatable bonds is 5. The van der Waals surface area contributed by atoms with E-state index in [0.717, 1.165) is 58.7 Å². The smallest absolute Gasteiger partial charge is 0.221 e. The molecule has 1 amide bonds. The van der Waals surface area contributed by atoms with Crippen molar-refractivity contribution in [2.24, 2.45) is 11.1 Å². The van der Waals surface area contributed by atoms with Crippen LogP contribution in [0.5, 0.6) is 0 Å².